The number of aromatic nitrogens is 1. The lowest BCUT2D eigenvalue weighted by Crippen LogP contribution is -2.19. The summed E-state index contributed by atoms with van der Waals surface area (Å²) in [6.07, 6.45) is -5.21. The molecule has 0 bridgehead atoms. The number of carboxylic acid groups (broad SMARTS) is 1. The van der Waals surface area contributed by atoms with Gasteiger partial charge in [0.1, 0.15) is 0 Å². The molecule has 0 amide bonds. The number of rotatable bonds is 4. The predicted octanol–water partition coefficient (Wildman–Crippen LogP) is 2.95. The zero-order chi connectivity index (χ0) is 13.9. The summed E-state index contributed by atoms with van der Waals surface area (Å²) in [6.45, 7) is 0. The third-order valence-electron chi connectivity index (χ3n) is 1.81. The molecule has 4 nitrogen and oxygen atoms in total. The highest BCUT2D eigenvalue weighted by atomic mass is 127. The first kappa shape index (κ1) is 15.3. The largest absolute Gasteiger partial charge is 0.574 e. The number of carboxylic acids is 1. The van der Waals surface area contributed by atoms with Gasteiger partial charge in [-0.2, -0.15) is 0 Å². The van der Waals surface area contributed by atoms with Gasteiger partial charge in [-0.15, -0.1) is 24.8 Å². The van der Waals surface area contributed by atoms with Gasteiger partial charge in [0.25, 0.3) is 0 Å². The number of alkyl halides is 4. The smallest absolute Gasteiger partial charge is 0.481 e. The van der Waals surface area contributed by atoms with Gasteiger partial charge < -0.3 is 9.84 Å². The zero-order valence-electron chi connectivity index (χ0n) is 8.59. The minimum absolute atomic E-state index is 0.0604. The molecule has 0 radical (unpaired) electrons. The standard InChI is InChI=1S/C9H6ClF3INO3/c10-3-6-4(1-8(16)17)5(14)2-7(15-6)18-9(11,12)13/h2H,1,3H2,(H,16,17). The molecule has 0 saturated heterocycles. The van der Waals surface area contributed by atoms with Crippen molar-refractivity contribution in [3.05, 3.63) is 20.9 Å². The van der Waals surface area contributed by atoms with E-state index in [2.05, 4.69) is 9.72 Å². The average Bonchev–Trinajstić information content (AvgIpc) is 2.18. The van der Waals surface area contributed by atoms with Crippen LogP contribution < -0.4 is 4.74 Å². The second-order valence-corrected chi connectivity index (χ2v) is 4.55. The van der Waals surface area contributed by atoms with Gasteiger partial charge in [0, 0.05) is 9.64 Å². The van der Waals surface area contributed by atoms with Crippen LogP contribution in [0.25, 0.3) is 0 Å². The molecule has 0 saturated carbocycles. The Morgan fingerprint density at radius 2 is 2.17 bits per heavy atom. The monoisotopic (exact) mass is 395 g/mol. The number of hydrogen-bond acceptors (Lipinski definition) is 3. The van der Waals surface area contributed by atoms with Crippen molar-refractivity contribution >= 4 is 40.2 Å². The van der Waals surface area contributed by atoms with Crippen LogP contribution >= 0.6 is 34.2 Å². The van der Waals surface area contributed by atoms with Crippen LogP contribution in [0.3, 0.4) is 0 Å². The summed E-state index contributed by atoms with van der Waals surface area (Å²) >= 11 is 7.25. The molecule has 0 aliphatic heterocycles. The molecule has 0 fully saturated rings. The Balaban J connectivity index is 3.14. The van der Waals surface area contributed by atoms with E-state index in [1.54, 1.807) is 22.6 Å². The Morgan fingerprint density at radius 1 is 1.56 bits per heavy atom. The van der Waals surface area contributed by atoms with E-state index in [1.165, 1.54) is 0 Å². The van der Waals surface area contributed by atoms with Gasteiger partial charge in [-0.05, 0) is 28.2 Å². The molecule has 1 aromatic heterocycles. The number of aliphatic carboxylic acids is 1. The van der Waals surface area contributed by atoms with E-state index in [4.69, 9.17) is 16.7 Å². The van der Waals surface area contributed by atoms with Crippen LogP contribution in [0.4, 0.5) is 13.2 Å². The van der Waals surface area contributed by atoms with Gasteiger partial charge in [-0.3, -0.25) is 4.79 Å². The Kier molecular flexibility index (Phi) is 5.02. The van der Waals surface area contributed by atoms with Gasteiger partial charge in [-0.1, -0.05) is 0 Å². The average molecular weight is 396 g/mol. The fourth-order valence-corrected chi connectivity index (χ4v) is 2.17. The molecular weight excluding hydrogens is 389 g/mol. The van der Waals surface area contributed by atoms with E-state index in [0.29, 0.717) is 3.57 Å². The molecule has 0 atom stereocenters. The quantitative estimate of drug-likeness (QED) is 0.629. The molecule has 0 aliphatic carbocycles. The Bertz CT molecular complexity index is 467. The number of hydrogen-bond donors (Lipinski definition) is 1. The lowest BCUT2D eigenvalue weighted by Gasteiger charge is -2.12. The molecule has 100 valence electrons. The second kappa shape index (κ2) is 5.91. The van der Waals surface area contributed by atoms with E-state index in [-0.39, 0.29) is 23.6 Å². The van der Waals surface area contributed by atoms with Crippen molar-refractivity contribution in [2.45, 2.75) is 18.7 Å². The molecule has 0 aliphatic rings. The van der Waals surface area contributed by atoms with Crippen LogP contribution in [-0.2, 0) is 17.1 Å². The third kappa shape index (κ3) is 4.48. The van der Waals surface area contributed by atoms with Crippen LogP contribution in [0.2, 0.25) is 0 Å². The van der Waals surface area contributed by atoms with Gasteiger partial charge >= 0.3 is 12.3 Å². The number of pyridine rings is 1. The van der Waals surface area contributed by atoms with Crippen molar-refractivity contribution in [3.63, 3.8) is 0 Å². The fraction of sp³-hybridized carbons (Fsp3) is 0.333. The second-order valence-electron chi connectivity index (χ2n) is 3.12. The maximum atomic E-state index is 12.0. The summed E-state index contributed by atoms with van der Waals surface area (Å²) in [5, 5.41) is 8.68. The summed E-state index contributed by atoms with van der Waals surface area (Å²) < 4.78 is 40.1. The number of carbonyl (C=O) groups is 1. The number of halogens is 5. The van der Waals surface area contributed by atoms with Crippen molar-refractivity contribution in [2.75, 3.05) is 0 Å². The van der Waals surface area contributed by atoms with Crippen molar-refractivity contribution in [2.24, 2.45) is 0 Å². The number of ether oxygens (including phenoxy) is 1. The summed E-state index contributed by atoms with van der Waals surface area (Å²) in [7, 11) is 0. The topological polar surface area (TPSA) is 59.4 Å². The third-order valence-corrected chi connectivity index (χ3v) is 3.02. The van der Waals surface area contributed by atoms with E-state index >= 15 is 0 Å². The van der Waals surface area contributed by atoms with Crippen LogP contribution in [-0.4, -0.2) is 22.4 Å². The molecular formula is C9H6ClF3INO3. The summed E-state index contributed by atoms with van der Waals surface area (Å²) in [6, 6.07) is 1.02. The van der Waals surface area contributed by atoms with Gasteiger partial charge in [0.2, 0.25) is 5.88 Å². The first-order valence-electron chi connectivity index (χ1n) is 4.44. The van der Waals surface area contributed by atoms with Gasteiger partial charge in [0.05, 0.1) is 18.0 Å². The normalized spacial score (nSPS) is 11.4. The molecule has 18 heavy (non-hydrogen) atoms. The highest BCUT2D eigenvalue weighted by molar-refractivity contribution is 14.1. The van der Waals surface area contributed by atoms with Crippen LogP contribution in [0.15, 0.2) is 6.07 Å². The van der Waals surface area contributed by atoms with Crippen molar-refractivity contribution in [1.82, 2.24) is 4.98 Å². The Hall–Kier alpha value is -0.770. The first-order valence-corrected chi connectivity index (χ1v) is 6.06. The summed E-state index contributed by atoms with van der Waals surface area (Å²) in [5.74, 6) is -1.98. The van der Waals surface area contributed by atoms with Crippen molar-refractivity contribution in [3.8, 4) is 5.88 Å². The van der Waals surface area contributed by atoms with E-state index in [9.17, 15) is 18.0 Å². The van der Waals surface area contributed by atoms with E-state index < -0.39 is 18.2 Å². The Labute approximate surface area is 118 Å². The number of nitrogens with zero attached hydrogens (tertiary/aromatic N) is 1. The molecule has 1 N–H and O–H groups in total. The highest BCUT2D eigenvalue weighted by Gasteiger charge is 2.32. The van der Waals surface area contributed by atoms with Gasteiger partial charge in [0.15, 0.2) is 0 Å². The molecule has 9 heteroatoms. The minimum atomic E-state index is -4.85. The SMILES string of the molecule is O=C(O)Cc1c(I)cc(OC(F)(F)F)nc1CCl. The molecule has 0 spiro atoms. The fourth-order valence-electron chi connectivity index (χ4n) is 1.19. The van der Waals surface area contributed by atoms with Crippen LogP contribution in [0.1, 0.15) is 11.3 Å². The molecule has 0 unspecified atom stereocenters. The lowest BCUT2D eigenvalue weighted by atomic mass is 10.1. The molecule has 1 heterocycles. The highest BCUT2D eigenvalue weighted by Crippen LogP contribution is 2.27. The maximum Gasteiger partial charge on any atom is 0.574 e. The van der Waals surface area contributed by atoms with E-state index in [0.717, 1.165) is 6.07 Å². The molecule has 1 aromatic rings. The van der Waals surface area contributed by atoms with E-state index in [1.807, 2.05) is 0 Å². The van der Waals surface area contributed by atoms with Crippen LogP contribution in [0, 0.1) is 3.57 Å². The minimum Gasteiger partial charge on any atom is -0.481 e. The predicted molar refractivity (Wildman–Crippen MR) is 64.5 cm³/mol. The summed E-state index contributed by atoms with van der Waals surface area (Å²) in [5.41, 5.74) is 0.345. The molecule has 1 rings (SSSR count). The molecule has 0 aromatic carbocycles. The lowest BCUT2D eigenvalue weighted by molar-refractivity contribution is -0.276. The van der Waals surface area contributed by atoms with Crippen molar-refractivity contribution in [1.29, 1.82) is 0 Å². The van der Waals surface area contributed by atoms with Gasteiger partial charge in [-0.25, -0.2) is 4.98 Å². The Morgan fingerprint density at radius 3 is 2.61 bits per heavy atom. The van der Waals surface area contributed by atoms with Crippen molar-refractivity contribution < 1.29 is 27.8 Å². The zero-order valence-corrected chi connectivity index (χ0v) is 11.5. The first-order chi connectivity index (χ1) is 8.23. The maximum absolute atomic E-state index is 12.0. The summed E-state index contributed by atoms with van der Waals surface area (Å²) in [4.78, 5) is 14.2. The van der Waals surface area contributed by atoms with Crippen LogP contribution in [0.5, 0.6) is 5.88 Å².